The Balaban J connectivity index is 1.27. The van der Waals surface area contributed by atoms with Crippen molar-refractivity contribution in [2.45, 2.75) is 25.3 Å². The number of likely N-dealkylation sites (tertiary alicyclic amines) is 1. The van der Waals surface area contributed by atoms with Crippen LogP contribution in [0.3, 0.4) is 0 Å². The summed E-state index contributed by atoms with van der Waals surface area (Å²) in [6.45, 7) is 4.99. The average Bonchev–Trinajstić information content (AvgIpc) is 3.62. The molecule has 1 N–H and O–H groups in total. The molecule has 35 heavy (non-hydrogen) atoms. The zero-order valence-electron chi connectivity index (χ0n) is 18.7. The largest absolute Gasteiger partial charge is 0.443 e. The van der Waals surface area contributed by atoms with Gasteiger partial charge in [0.2, 0.25) is 11.9 Å². The standard InChI is InChI=1S/C25H22FN5O3S/c1-2-22(32)30-8-7-25(13-30)10-16(11-25)31-18-9-15(26)3-4-17(18)28-24(31)29-23(33)21-6-5-20(35-21)19-12-27-14-34-19/h2-6,9,12,14,16H,1,7-8,10-11,13H2,(H,28,29,33)/t16-,25+. The zero-order valence-corrected chi connectivity index (χ0v) is 19.6. The van der Waals surface area contributed by atoms with Crippen molar-refractivity contribution in [3.8, 4) is 10.6 Å². The van der Waals surface area contributed by atoms with Crippen LogP contribution < -0.4 is 5.32 Å². The Morgan fingerprint density at radius 2 is 2.14 bits per heavy atom. The molecule has 1 saturated heterocycles. The molecule has 1 spiro atoms. The van der Waals surface area contributed by atoms with E-state index in [1.54, 1.807) is 18.3 Å². The average molecular weight is 492 g/mol. The first-order chi connectivity index (χ1) is 16.9. The number of rotatable bonds is 5. The van der Waals surface area contributed by atoms with Crippen molar-refractivity contribution in [2.24, 2.45) is 5.41 Å². The molecule has 0 unspecified atom stereocenters. The van der Waals surface area contributed by atoms with Gasteiger partial charge in [-0.15, -0.1) is 11.3 Å². The molecule has 8 nitrogen and oxygen atoms in total. The van der Waals surface area contributed by atoms with Gasteiger partial charge in [0.1, 0.15) is 5.82 Å². The van der Waals surface area contributed by atoms with E-state index in [9.17, 15) is 14.0 Å². The predicted molar refractivity (Wildman–Crippen MR) is 130 cm³/mol. The third-order valence-corrected chi connectivity index (χ3v) is 8.11. The SMILES string of the molecule is C=CC(=O)N1CC[C@]2(C1)C[C@@H](n1c(NC(=O)c3ccc(-c4cnco4)s3)nc3ccc(F)cc31)C2. The second-order valence-corrected chi connectivity index (χ2v) is 10.3. The van der Waals surface area contributed by atoms with Crippen LogP contribution in [0.5, 0.6) is 0 Å². The number of imidazole rings is 1. The van der Waals surface area contributed by atoms with Gasteiger partial charge in [-0.1, -0.05) is 6.58 Å². The maximum Gasteiger partial charge on any atom is 0.268 e. The van der Waals surface area contributed by atoms with Crippen LogP contribution in [0.25, 0.3) is 21.7 Å². The highest BCUT2D eigenvalue weighted by Gasteiger charge is 2.50. The fourth-order valence-electron chi connectivity index (χ4n) is 5.32. The number of oxazole rings is 1. The van der Waals surface area contributed by atoms with Crippen LogP contribution in [0.1, 0.15) is 35.0 Å². The van der Waals surface area contributed by atoms with Gasteiger partial charge in [0, 0.05) is 19.1 Å². The third kappa shape index (κ3) is 3.74. The molecule has 1 aliphatic carbocycles. The van der Waals surface area contributed by atoms with E-state index in [1.807, 2.05) is 15.5 Å². The minimum atomic E-state index is -0.357. The fourth-order valence-corrected chi connectivity index (χ4v) is 6.18. The number of thiophene rings is 1. The van der Waals surface area contributed by atoms with Gasteiger partial charge in [-0.25, -0.2) is 14.4 Å². The van der Waals surface area contributed by atoms with E-state index in [0.29, 0.717) is 40.7 Å². The zero-order chi connectivity index (χ0) is 24.2. The number of halogens is 1. The number of hydrogen-bond donors (Lipinski definition) is 1. The van der Waals surface area contributed by atoms with Crippen LogP contribution in [-0.2, 0) is 4.79 Å². The van der Waals surface area contributed by atoms with Gasteiger partial charge < -0.3 is 13.9 Å². The van der Waals surface area contributed by atoms with Gasteiger partial charge in [-0.05, 0) is 61.1 Å². The molecule has 0 atom stereocenters. The molecule has 2 fully saturated rings. The molecular formula is C25H22FN5O3S. The molecule has 0 radical (unpaired) electrons. The molecule has 3 aromatic heterocycles. The summed E-state index contributed by atoms with van der Waals surface area (Å²) in [5, 5.41) is 2.94. The summed E-state index contributed by atoms with van der Waals surface area (Å²) in [6.07, 6.45) is 6.87. The Labute approximate surface area is 204 Å². The van der Waals surface area contributed by atoms with Crippen LogP contribution in [0, 0.1) is 11.2 Å². The maximum absolute atomic E-state index is 14.2. The monoisotopic (exact) mass is 491 g/mol. The van der Waals surface area contributed by atoms with Crippen molar-refractivity contribution in [3.63, 3.8) is 0 Å². The third-order valence-electron chi connectivity index (χ3n) is 7.01. The number of hydrogen-bond acceptors (Lipinski definition) is 6. The quantitative estimate of drug-likeness (QED) is 0.402. The molecule has 10 heteroatoms. The summed E-state index contributed by atoms with van der Waals surface area (Å²) in [5.41, 5.74) is 1.30. The van der Waals surface area contributed by atoms with Crippen LogP contribution in [0.2, 0.25) is 0 Å². The van der Waals surface area contributed by atoms with E-state index >= 15 is 0 Å². The van der Waals surface area contributed by atoms with Gasteiger partial charge in [0.25, 0.3) is 5.91 Å². The van der Waals surface area contributed by atoms with Crippen molar-refractivity contribution in [2.75, 3.05) is 18.4 Å². The number of benzene rings is 1. The van der Waals surface area contributed by atoms with Crippen molar-refractivity contribution >= 4 is 40.1 Å². The van der Waals surface area contributed by atoms with Gasteiger partial charge in [0.15, 0.2) is 12.2 Å². The highest BCUT2D eigenvalue weighted by atomic mass is 32.1. The van der Waals surface area contributed by atoms with Gasteiger partial charge >= 0.3 is 0 Å². The predicted octanol–water partition coefficient (Wildman–Crippen LogP) is 4.88. The first kappa shape index (κ1) is 21.7. The lowest BCUT2D eigenvalue weighted by molar-refractivity contribution is -0.125. The Morgan fingerprint density at radius 3 is 2.91 bits per heavy atom. The molecule has 4 heterocycles. The summed E-state index contributed by atoms with van der Waals surface area (Å²) in [7, 11) is 0. The second-order valence-electron chi connectivity index (χ2n) is 9.20. The van der Waals surface area contributed by atoms with E-state index in [2.05, 4.69) is 21.9 Å². The number of amides is 2. The summed E-state index contributed by atoms with van der Waals surface area (Å²) >= 11 is 1.29. The molecular weight excluding hydrogens is 469 g/mol. The Hall–Kier alpha value is -3.79. The number of carbonyl (C=O) groups is 2. The lowest BCUT2D eigenvalue weighted by atomic mass is 9.65. The van der Waals surface area contributed by atoms with Crippen LogP contribution in [-0.4, -0.2) is 44.3 Å². The van der Waals surface area contributed by atoms with Crippen molar-refractivity contribution < 1.29 is 18.4 Å². The molecule has 178 valence electrons. The first-order valence-electron chi connectivity index (χ1n) is 11.3. The molecule has 0 bridgehead atoms. The summed E-state index contributed by atoms with van der Waals surface area (Å²) < 4.78 is 21.4. The minimum Gasteiger partial charge on any atom is -0.443 e. The van der Waals surface area contributed by atoms with Crippen LogP contribution in [0.4, 0.5) is 10.3 Å². The number of nitrogens with zero attached hydrogens (tertiary/aromatic N) is 4. The van der Waals surface area contributed by atoms with Crippen LogP contribution >= 0.6 is 11.3 Å². The molecule has 1 saturated carbocycles. The van der Waals surface area contributed by atoms with Crippen LogP contribution in [0.15, 0.2) is 60.0 Å². The Morgan fingerprint density at radius 1 is 1.29 bits per heavy atom. The fraction of sp³-hybridized carbons (Fsp3) is 0.280. The number of aromatic nitrogens is 3. The minimum absolute atomic E-state index is 0.0360. The van der Waals surface area contributed by atoms with Crippen molar-refractivity contribution in [1.29, 1.82) is 0 Å². The summed E-state index contributed by atoms with van der Waals surface area (Å²) in [6, 6.07) is 8.03. The first-order valence-corrected chi connectivity index (χ1v) is 12.2. The highest BCUT2D eigenvalue weighted by Crippen LogP contribution is 2.55. The van der Waals surface area contributed by atoms with E-state index in [1.165, 1.54) is 35.9 Å². The number of carbonyl (C=O) groups excluding carboxylic acids is 2. The molecule has 2 aliphatic rings. The van der Waals surface area contributed by atoms with E-state index < -0.39 is 0 Å². The highest BCUT2D eigenvalue weighted by molar-refractivity contribution is 7.17. The van der Waals surface area contributed by atoms with Gasteiger partial charge in [-0.3, -0.25) is 14.9 Å². The molecule has 1 aromatic carbocycles. The number of nitrogens with one attached hydrogen (secondary N) is 1. The van der Waals surface area contributed by atoms with Gasteiger partial charge in [0.05, 0.1) is 27.0 Å². The lowest BCUT2D eigenvalue weighted by Gasteiger charge is -2.46. The summed E-state index contributed by atoms with van der Waals surface area (Å²) in [4.78, 5) is 36.8. The van der Waals surface area contributed by atoms with E-state index in [-0.39, 0.29) is 29.1 Å². The van der Waals surface area contributed by atoms with E-state index in [4.69, 9.17) is 4.42 Å². The smallest absolute Gasteiger partial charge is 0.268 e. The molecule has 2 amide bonds. The van der Waals surface area contributed by atoms with Crippen molar-refractivity contribution in [1.82, 2.24) is 19.4 Å². The van der Waals surface area contributed by atoms with Crippen molar-refractivity contribution in [3.05, 3.63) is 66.3 Å². The topological polar surface area (TPSA) is 93.3 Å². The second kappa shape index (κ2) is 8.16. The van der Waals surface area contributed by atoms with Gasteiger partial charge in [-0.2, -0.15) is 0 Å². The number of fused-ring (bicyclic) bond motifs is 1. The number of anilines is 1. The van der Waals surface area contributed by atoms with E-state index in [0.717, 1.165) is 24.1 Å². The molecule has 6 rings (SSSR count). The Bertz CT molecular complexity index is 1450. The maximum atomic E-state index is 14.2. The molecule has 4 aromatic rings. The lowest BCUT2D eigenvalue weighted by Crippen LogP contribution is -2.42. The normalized spacial score (nSPS) is 21.4. The molecule has 1 aliphatic heterocycles. The summed E-state index contributed by atoms with van der Waals surface area (Å²) in [5.74, 6) is 0.285. The Kier molecular flexibility index (Phi) is 5.06.